The van der Waals surface area contributed by atoms with Crippen molar-refractivity contribution in [3.8, 4) is 11.1 Å². The van der Waals surface area contributed by atoms with Crippen LogP contribution in [0.1, 0.15) is 66.4 Å². The van der Waals surface area contributed by atoms with Crippen molar-refractivity contribution in [2.75, 3.05) is 32.3 Å². The highest BCUT2D eigenvalue weighted by Crippen LogP contribution is 2.31. The summed E-state index contributed by atoms with van der Waals surface area (Å²) in [6.07, 6.45) is 9.93. The van der Waals surface area contributed by atoms with Gasteiger partial charge in [0.2, 0.25) is 0 Å². The molecule has 7 nitrogen and oxygen atoms in total. The minimum absolute atomic E-state index is 0.176. The predicted molar refractivity (Wildman–Crippen MR) is 161 cm³/mol. The number of likely N-dealkylation sites (tertiary alicyclic amines) is 1. The first-order valence-corrected chi connectivity index (χ1v) is 15.9. The van der Waals surface area contributed by atoms with E-state index in [1.807, 2.05) is 49.6 Å². The Morgan fingerprint density at radius 3 is 2.58 bits per heavy atom. The second-order valence-corrected chi connectivity index (χ2v) is 12.1. The number of benzene rings is 2. The number of carbonyl (C=O) groups excluding carboxylic acids is 1. The van der Waals surface area contributed by atoms with Gasteiger partial charge in [-0.1, -0.05) is 49.6 Å². The van der Waals surface area contributed by atoms with E-state index in [0.29, 0.717) is 30.4 Å². The smallest absolute Gasteiger partial charge is 0.326 e. The molecule has 4 rings (SSSR count). The van der Waals surface area contributed by atoms with Crippen molar-refractivity contribution in [1.82, 2.24) is 10.2 Å². The molecule has 218 valence electrons. The molecular weight excluding hydrogens is 524 g/mol. The van der Waals surface area contributed by atoms with Crippen LogP contribution in [0.4, 0.5) is 0 Å². The molecule has 1 amide bonds. The number of hydrogen-bond acceptors (Lipinski definition) is 6. The van der Waals surface area contributed by atoms with E-state index in [-0.39, 0.29) is 18.1 Å². The van der Waals surface area contributed by atoms with E-state index in [9.17, 15) is 14.7 Å². The Hall–Kier alpha value is -2.39. The van der Waals surface area contributed by atoms with Gasteiger partial charge in [0.15, 0.2) is 0 Å². The van der Waals surface area contributed by atoms with Crippen molar-refractivity contribution in [1.29, 1.82) is 0 Å². The summed E-state index contributed by atoms with van der Waals surface area (Å²) in [7, 11) is 1.78. The average molecular weight is 569 g/mol. The maximum absolute atomic E-state index is 13.4. The molecule has 2 aromatic carbocycles. The molecule has 2 fully saturated rings. The fraction of sp³-hybridized carbons (Fsp3) is 0.562. The molecule has 1 saturated carbocycles. The lowest BCUT2D eigenvalue weighted by Crippen LogP contribution is -2.41. The summed E-state index contributed by atoms with van der Waals surface area (Å²) in [4.78, 5) is 27.7. The van der Waals surface area contributed by atoms with E-state index >= 15 is 0 Å². The Balaban J connectivity index is 1.56. The Bertz CT molecular complexity index is 1140. The zero-order valence-corrected chi connectivity index (χ0v) is 24.9. The lowest BCUT2D eigenvalue weighted by atomic mass is 9.93. The first-order valence-electron chi connectivity index (χ1n) is 14.5. The van der Waals surface area contributed by atoms with E-state index in [2.05, 4.69) is 16.3 Å². The molecule has 2 aromatic rings. The van der Waals surface area contributed by atoms with Crippen molar-refractivity contribution in [2.24, 2.45) is 0 Å². The zero-order valence-electron chi connectivity index (χ0n) is 24.1. The fourth-order valence-corrected chi connectivity index (χ4v) is 6.38. The van der Waals surface area contributed by atoms with Crippen LogP contribution in [0.25, 0.3) is 11.1 Å². The van der Waals surface area contributed by atoms with Gasteiger partial charge in [-0.05, 0) is 79.0 Å². The van der Waals surface area contributed by atoms with E-state index < -0.39 is 12.0 Å². The summed E-state index contributed by atoms with van der Waals surface area (Å²) in [5.74, 6) is -0.720. The van der Waals surface area contributed by atoms with Gasteiger partial charge in [-0.3, -0.25) is 9.69 Å². The summed E-state index contributed by atoms with van der Waals surface area (Å²) < 4.78 is 12.1. The number of ether oxygens (including phenoxy) is 2. The number of amides is 1. The van der Waals surface area contributed by atoms with Crippen molar-refractivity contribution in [3.63, 3.8) is 0 Å². The zero-order chi connectivity index (χ0) is 28.5. The molecule has 0 spiro atoms. The molecule has 8 heteroatoms. The minimum atomic E-state index is -1.01. The quantitative estimate of drug-likeness (QED) is 0.328. The summed E-state index contributed by atoms with van der Waals surface area (Å²) in [6.45, 7) is 4.31. The van der Waals surface area contributed by atoms with Crippen molar-refractivity contribution in [3.05, 3.63) is 59.2 Å². The second-order valence-electron chi connectivity index (χ2n) is 11.1. The molecule has 1 saturated heterocycles. The number of thioether (sulfide) groups is 1. The van der Waals surface area contributed by atoms with Gasteiger partial charge in [0.05, 0.1) is 18.8 Å². The molecule has 0 unspecified atom stereocenters. The monoisotopic (exact) mass is 568 g/mol. The van der Waals surface area contributed by atoms with E-state index in [4.69, 9.17) is 9.47 Å². The Labute approximate surface area is 243 Å². The predicted octanol–water partition coefficient (Wildman–Crippen LogP) is 5.54. The summed E-state index contributed by atoms with van der Waals surface area (Å²) in [6, 6.07) is 13.3. The standard InChI is InChI=1S/C32H44N2O5S/c1-22-9-7-8-12-27(22)29-17-23(13-14-28(29)31(35)33-30(32(36)37)15-16-40-3)19-34-20-26(38-2)18-24(34)21-39-25-10-5-4-6-11-25/h7-9,12-14,17,24-26,30H,4-6,10-11,15-16,18-21H2,1-3H3,(H,33,35)(H,36,37)/t24-,26-,30-/m0/s1. The molecule has 40 heavy (non-hydrogen) atoms. The number of aryl methyl sites for hydroxylation is 1. The van der Waals surface area contributed by atoms with E-state index in [1.54, 1.807) is 18.9 Å². The maximum Gasteiger partial charge on any atom is 0.326 e. The van der Waals surface area contributed by atoms with Crippen LogP contribution < -0.4 is 5.32 Å². The van der Waals surface area contributed by atoms with Crippen molar-refractivity contribution >= 4 is 23.6 Å². The lowest BCUT2D eigenvalue weighted by Gasteiger charge is -2.28. The molecule has 1 aliphatic carbocycles. The van der Waals surface area contributed by atoms with Crippen LogP contribution in [0, 0.1) is 6.92 Å². The molecule has 1 aliphatic heterocycles. The van der Waals surface area contributed by atoms with E-state index in [1.165, 1.54) is 19.3 Å². The highest BCUT2D eigenvalue weighted by Gasteiger charge is 2.33. The van der Waals surface area contributed by atoms with Gasteiger partial charge in [-0.25, -0.2) is 4.79 Å². The number of hydrogen-bond donors (Lipinski definition) is 2. The lowest BCUT2D eigenvalue weighted by molar-refractivity contribution is -0.139. The highest BCUT2D eigenvalue weighted by atomic mass is 32.2. The number of nitrogens with zero attached hydrogens (tertiary/aromatic N) is 1. The molecule has 0 bridgehead atoms. The third-order valence-corrected chi connectivity index (χ3v) is 8.91. The van der Waals surface area contributed by atoms with Crippen molar-refractivity contribution < 1.29 is 24.2 Å². The van der Waals surface area contributed by atoms with Crippen LogP contribution in [0.5, 0.6) is 0 Å². The molecule has 0 radical (unpaired) electrons. The first kappa shape index (κ1) is 30.6. The third kappa shape index (κ3) is 8.09. The van der Waals surface area contributed by atoms with Crippen LogP contribution >= 0.6 is 11.8 Å². The van der Waals surface area contributed by atoms with Crippen LogP contribution in [-0.4, -0.2) is 78.4 Å². The van der Waals surface area contributed by atoms with Gasteiger partial charge in [0.25, 0.3) is 5.91 Å². The summed E-state index contributed by atoms with van der Waals surface area (Å²) in [5.41, 5.74) is 4.44. The molecule has 0 aromatic heterocycles. The number of carboxylic acid groups (broad SMARTS) is 1. The Morgan fingerprint density at radius 2 is 1.88 bits per heavy atom. The number of rotatable bonds is 13. The van der Waals surface area contributed by atoms with Crippen LogP contribution in [-0.2, 0) is 20.8 Å². The van der Waals surface area contributed by atoms with Gasteiger partial charge < -0.3 is 19.9 Å². The summed E-state index contributed by atoms with van der Waals surface area (Å²) in [5, 5.41) is 12.4. The number of aliphatic carboxylic acids is 1. The number of carboxylic acids is 1. The van der Waals surface area contributed by atoms with Crippen LogP contribution in [0.2, 0.25) is 0 Å². The van der Waals surface area contributed by atoms with Crippen LogP contribution in [0.15, 0.2) is 42.5 Å². The van der Waals surface area contributed by atoms with E-state index in [0.717, 1.165) is 54.6 Å². The highest BCUT2D eigenvalue weighted by molar-refractivity contribution is 7.98. The minimum Gasteiger partial charge on any atom is -0.480 e. The number of carbonyl (C=O) groups is 2. The molecule has 2 aliphatic rings. The topological polar surface area (TPSA) is 88.1 Å². The normalized spacial score (nSPS) is 20.9. The summed E-state index contributed by atoms with van der Waals surface area (Å²) >= 11 is 1.57. The average Bonchev–Trinajstić information content (AvgIpc) is 3.36. The van der Waals surface area contributed by atoms with Crippen molar-refractivity contribution in [2.45, 2.75) is 82.7 Å². The van der Waals surface area contributed by atoms with Gasteiger partial charge in [-0.2, -0.15) is 11.8 Å². The largest absolute Gasteiger partial charge is 0.480 e. The Morgan fingerprint density at radius 1 is 1.10 bits per heavy atom. The van der Waals surface area contributed by atoms with Gasteiger partial charge in [-0.15, -0.1) is 0 Å². The molecule has 3 atom stereocenters. The Kier molecular flexibility index (Phi) is 11.5. The first-order chi connectivity index (χ1) is 19.4. The molecular formula is C32H44N2O5S. The number of methoxy groups -OCH3 is 1. The molecule has 1 heterocycles. The number of nitrogens with one attached hydrogen (secondary N) is 1. The van der Waals surface area contributed by atoms with Gasteiger partial charge >= 0.3 is 5.97 Å². The second kappa shape index (κ2) is 15.0. The van der Waals surface area contributed by atoms with Gasteiger partial charge in [0, 0.05) is 31.8 Å². The third-order valence-electron chi connectivity index (χ3n) is 8.26. The maximum atomic E-state index is 13.4. The van der Waals surface area contributed by atoms with Crippen LogP contribution in [0.3, 0.4) is 0 Å². The fourth-order valence-electron chi connectivity index (χ4n) is 5.90. The SMILES string of the molecule is CO[C@H]1C[C@@H](COC2CCCCC2)N(Cc2ccc(C(=O)N[C@@H](CCSC)C(=O)O)c(-c3ccccc3C)c2)C1. The molecule has 2 N–H and O–H groups in total. The van der Waals surface area contributed by atoms with Gasteiger partial charge in [0.1, 0.15) is 6.04 Å².